The molecule has 0 bridgehead atoms. The maximum absolute atomic E-state index is 12.4. The molecule has 0 saturated heterocycles. The average Bonchev–Trinajstić information content (AvgIpc) is 2.85. The number of ketones is 1. The van der Waals surface area contributed by atoms with Gasteiger partial charge in [-0.05, 0) is 60.4 Å². The van der Waals surface area contributed by atoms with E-state index in [0.29, 0.717) is 0 Å². The number of aromatic hydroxyl groups is 2. The summed E-state index contributed by atoms with van der Waals surface area (Å²) in [5.74, 6) is 0.502. The predicted octanol–water partition coefficient (Wildman–Crippen LogP) is 3.93. The standard InChI is InChI=1S/C19H16O3/c20-17-7-1-13(2-8-17)11-15-5-6-16(19(15)22)12-14-3-9-18(21)10-4-14/h1-4,7-12,20-21H,5-6H2/b15-11-,16-12+. The molecule has 2 aromatic carbocycles. The minimum atomic E-state index is 0.0705. The molecule has 0 aromatic heterocycles. The van der Waals surface area contributed by atoms with Gasteiger partial charge < -0.3 is 10.2 Å². The van der Waals surface area contributed by atoms with Crippen LogP contribution in [0.1, 0.15) is 24.0 Å². The van der Waals surface area contributed by atoms with Gasteiger partial charge in [-0.1, -0.05) is 24.3 Å². The lowest BCUT2D eigenvalue weighted by atomic mass is 10.1. The number of Topliss-reactive ketones (excluding diaryl/α,β-unsaturated/α-hetero) is 1. The van der Waals surface area contributed by atoms with Crippen molar-refractivity contribution in [3.05, 3.63) is 70.8 Å². The zero-order valence-corrected chi connectivity index (χ0v) is 12.0. The number of benzene rings is 2. The van der Waals surface area contributed by atoms with Gasteiger partial charge in [0.25, 0.3) is 0 Å². The Morgan fingerprint density at radius 1 is 0.682 bits per heavy atom. The van der Waals surface area contributed by atoms with Gasteiger partial charge in [-0.25, -0.2) is 0 Å². The van der Waals surface area contributed by atoms with Crippen LogP contribution in [0.4, 0.5) is 0 Å². The van der Waals surface area contributed by atoms with Crippen molar-refractivity contribution in [2.75, 3.05) is 0 Å². The van der Waals surface area contributed by atoms with Crippen LogP contribution in [0, 0.1) is 0 Å². The van der Waals surface area contributed by atoms with E-state index in [4.69, 9.17) is 0 Å². The van der Waals surface area contributed by atoms with Crippen LogP contribution in [0.25, 0.3) is 12.2 Å². The highest BCUT2D eigenvalue weighted by Crippen LogP contribution is 2.30. The summed E-state index contributed by atoms with van der Waals surface area (Å²) in [4.78, 5) is 12.4. The second kappa shape index (κ2) is 5.90. The van der Waals surface area contributed by atoms with Gasteiger partial charge >= 0.3 is 0 Å². The van der Waals surface area contributed by atoms with Gasteiger partial charge in [-0.3, -0.25) is 4.79 Å². The summed E-state index contributed by atoms with van der Waals surface area (Å²) >= 11 is 0. The van der Waals surface area contributed by atoms with E-state index < -0.39 is 0 Å². The number of hydrogen-bond donors (Lipinski definition) is 2. The van der Waals surface area contributed by atoms with Crippen molar-refractivity contribution in [3.8, 4) is 11.5 Å². The van der Waals surface area contributed by atoms with E-state index in [1.807, 2.05) is 12.2 Å². The summed E-state index contributed by atoms with van der Waals surface area (Å²) in [5, 5.41) is 18.6. The van der Waals surface area contributed by atoms with Gasteiger partial charge in [0.1, 0.15) is 11.5 Å². The van der Waals surface area contributed by atoms with Crippen molar-refractivity contribution in [1.82, 2.24) is 0 Å². The Balaban J connectivity index is 1.82. The Hall–Kier alpha value is -2.81. The molecule has 1 saturated carbocycles. The number of rotatable bonds is 2. The van der Waals surface area contributed by atoms with Crippen molar-refractivity contribution < 1.29 is 15.0 Å². The van der Waals surface area contributed by atoms with Crippen LogP contribution in [0.5, 0.6) is 11.5 Å². The summed E-state index contributed by atoms with van der Waals surface area (Å²) < 4.78 is 0. The molecule has 1 aliphatic rings. The third kappa shape index (κ3) is 3.09. The highest BCUT2D eigenvalue weighted by Gasteiger charge is 2.22. The van der Waals surface area contributed by atoms with Gasteiger partial charge in [0.05, 0.1) is 0 Å². The third-order valence-corrected chi connectivity index (χ3v) is 3.71. The van der Waals surface area contributed by atoms with Gasteiger partial charge in [0, 0.05) is 11.1 Å². The summed E-state index contributed by atoms with van der Waals surface area (Å²) in [6.07, 6.45) is 5.20. The first kappa shape index (κ1) is 14.1. The summed E-state index contributed by atoms with van der Waals surface area (Å²) in [5.41, 5.74) is 3.39. The fourth-order valence-corrected chi connectivity index (χ4v) is 2.52. The fourth-order valence-electron chi connectivity index (χ4n) is 2.52. The molecule has 22 heavy (non-hydrogen) atoms. The molecule has 0 amide bonds. The molecule has 0 unspecified atom stereocenters. The first-order chi connectivity index (χ1) is 10.6. The number of carbonyl (C=O) groups excluding carboxylic acids is 1. The average molecular weight is 292 g/mol. The smallest absolute Gasteiger partial charge is 0.185 e. The van der Waals surface area contributed by atoms with Crippen molar-refractivity contribution in [2.45, 2.75) is 12.8 Å². The van der Waals surface area contributed by atoms with E-state index in [1.165, 1.54) is 0 Å². The Kier molecular flexibility index (Phi) is 3.79. The van der Waals surface area contributed by atoms with Gasteiger partial charge in [0.15, 0.2) is 5.78 Å². The maximum Gasteiger partial charge on any atom is 0.185 e. The molecule has 0 aliphatic heterocycles. The van der Waals surface area contributed by atoms with Crippen LogP contribution < -0.4 is 0 Å². The lowest BCUT2D eigenvalue weighted by Crippen LogP contribution is -1.95. The topological polar surface area (TPSA) is 57.5 Å². The third-order valence-electron chi connectivity index (χ3n) is 3.71. The second-order valence-electron chi connectivity index (χ2n) is 5.35. The second-order valence-corrected chi connectivity index (χ2v) is 5.35. The molecule has 0 heterocycles. The number of phenolic OH excluding ortho intramolecular Hbond substituents is 2. The Morgan fingerprint density at radius 2 is 1.05 bits per heavy atom. The molecule has 3 rings (SSSR count). The lowest BCUT2D eigenvalue weighted by molar-refractivity contribution is -0.111. The molecule has 1 fully saturated rings. The van der Waals surface area contributed by atoms with Crippen LogP contribution >= 0.6 is 0 Å². The molecule has 0 atom stereocenters. The molecule has 3 nitrogen and oxygen atoms in total. The monoisotopic (exact) mass is 292 g/mol. The molecule has 2 N–H and O–H groups in total. The number of hydrogen-bond acceptors (Lipinski definition) is 3. The van der Waals surface area contributed by atoms with Gasteiger partial charge in [-0.15, -0.1) is 0 Å². The zero-order valence-electron chi connectivity index (χ0n) is 12.0. The molecule has 1 aliphatic carbocycles. The van der Waals surface area contributed by atoms with Crippen molar-refractivity contribution in [3.63, 3.8) is 0 Å². The minimum Gasteiger partial charge on any atom is -0.508 e. The fraction of sp³-hybridized carbons (Fsp3) is 0.105. The number of allylic oxidation sites excluding steroid dienone is 2. The molecular formula is C19H16O3. The summed E-state index contributed by atoms with van der Waals surface area (Å²) in [6.45, 7) is 0. The Bertz CT molecular complexity index is 685. The van der Waals surface area contributed by atoms with Crippen LogP contribution in [0.3, 0.4) is 0 Å². The molecule has 0 spiro atoms. The highest BCUT2D eigenvalue weighted by molar-refractivity contribution is 6.15. The van der Waals surface area contributed by atoms with Gasteiger partial charge in [-0.2, -0.15) is 0 Å². The van der Waals surface area contributed by atoms with Crippen LogP contribution in [-0.2, 0) is 4.79 Å². The normalized spacial score (nSPS) is 18.3. The van der Waals surface area contributed by atoms with E-state index in [-0.39, 0.29) is 17.3 Å². The van der Waals surface area contributed by atoms with Crippen molar-refractivity contribution in [2.24, 2.45) is 0 Å². The lowest BCUT2D eigenvalue weighted by Gasteiger charge is -1.98. The number of phenols is 2. The number of carbonyl (C=O) groups is 1. The zero-order chi connectivity index (χ0) is 15.5. The SMILES string of the molecule is O=C1/C(=C\c2ccc(O)cc2)CC/C1=C\c1ccc(O)cc1. The highest BCUT2D eigenvalue weighted by atomic mass is 16.3. The predicted molar refractivity (Wildman–Crippen MR) is 86.4 cm³/mol. The summed E-state index contributed by atoms with van der Waals surface area (Å²) in [6, 6.07) is 13.6. The summed E-state index contributed by atoms with van der Waals surface area (Å²) in [7, 11) is 0. The van der Waals surface area contributed by atoms with Crippen molar-refractivity contribution >= 4 is 17.9 Å². The maximum atomic E-state index is 12.4. The molecule has 2 aromatic rings. The molecular weight excluding hydrogens is 276 g/mol. The Labute approximate surface area is 128 Å². The van der Waals surface area contributed by atoms with E-state index in [9.17, 15) is 15.0 Å². The first-order valence-corrected chi connectivity index (χ1v) is 7.16. The van der Waals surface area contributed by atoms with Crippen molar-refractivity contribution in [1.29, 1.82) is 0 Å². The quantitative estimate of drug-likeness (QED) is 0.825. The van der Waals surface area contributed by atoms with E-state index >= 15 is 0 Å². The molecule has 3 heteroatoms. The van der Waals surface area contributed by atoms with E-state index in [0.717, 1.165) is 35.1 Å². The molecule has 110 valence electrons. The van der Waals surface area contributed by atoms with Crippen LogP contribution in [0.2, 0.25) is 0 Å². The van der Waals surface area contributed by atoms with Gasteiger partial charge in [0.2, 0.25) is 0 Å². The first-order valence-electron chi connectivity index (χ1n) is 7.16. The largest absolute Gasteiger partial charge is 0.508 e. The van der Waals surface area contributed by atoms with Crippen LogP contribution in [-0.4, -0.2) is 16.0 Å². The van der Waals surface area contributed by atoms with E-state index in [1.54, 1.807) is 48.5 Å². The Morgan fingerprint density at radius 3 is 1.41 bits per heavy atom. The molecule has 0 radical (unpaired) electrons. The minimum absolute atomic E-state index is 0.0705. The van der Waals surface area contributed by atoms with E-state index in [2.05, 4.69) is 0 Å². The van der Waals surface area contributed by atoms with Crippen LogP contribution in [0.15, 0.2) is 59.7 Å².